The van der Waals surface area contributed by atoms with Gasteiger partial charge in [0.25, 0.3) is 0 Å². The van der Waals surface area contributed by atoms with Crippen LogP contribution in [0.2, 0.25) is 0 Å². The van der Waals surface area contributed by atoms with E-state index in [0.717, 1.165) is 51.4 Å². The third-order valence-corrected chi connectivity index (χ3v) is 12.1. The maximum absolute atomic E-state index is 13.1. The molecule has 2 heterocycles. The summed E-state index contributed by atoms with van der Waals surface area (Å²) in [5, 5.41) is 86.6. The Kier molecular flexibility index (Phi) is 30.8. The first-order valence-corrected chi connectivity index (χ1v) is 23.8. The molecule has 2 rings (SSSR count). The molecule has 14 heteroatoms. The molecule has 0 aromatic heterocycles. The van der Waals surface area contributed by atoms with Gasteiger partial charge in [0.1, 0.15) is 48.8 Å². The predicted molar refractivity (Wildman–Crippen MR) is 226 cm³/mol. The lowest BCUT2D eigenvalue weighted by atomic mass is 9.97. The van der Waals surface area contributed by atoms with Gasteiger partial charge in [0.2, 0.25) is 5.91 Å². The number of carbonyl (C=O) groups excluding carboxylic acids is 1. The van der Waals surface area contributed by atoms with E-state index in [1.165, 1.54) is 109 Å². The van der Waals surface area contributed by atoms with Crippen molar-refractivity contribution in [2.45, 2.75) is 261 Å². The van der Waals surface area contributed by atoms with Crippen molar-refractivity contribution in [2.75, 3.05) is 19.8 Å². The molecule has 2 fully saturated rings. The van der Waals surface area contributed by atoms with E-state index in [1.54, 1.807) is 0 Å². The number of hydrogen-bond donors (Lipinski definition) is 9. The zero-order chi connectivity index (χ0) is 43.3. The van der Waals surface area contributed by atoms with Crippen LogP contribution in [0, 0.1) is 0 Å². The van der Waals surface area contributed by atoms with Gasteiger partial charge in [-0.1, -0.05) is 168 Å². The highest BCUT2D eigenvalue weighted by atomic mass is 16.7. The number of amides is 1. The Morgan fingerprint density at radius 3 is 1.44 bits per heavy atom. The van der Waals surface area contributed by atoms with Gasteiger partial charge in [-0.3, -0.25) is 4.79 Å². The number of ether oxygens (including phenoxy) is 4. The summed E-state index contributed by atoms with van der Waals surface area (Å²) < 4.78 is 22.7. The average molecular weight is 850 g/mol. The van der Waals surface area contributed by atoms with Gasteiger partial charge in [0.15, 0.2) is 12.6 Å². The maximum Gasteiger partial charge on any atom is 0.220 e. The van der Waals surface area contributed by atoms with E-state index < -0.39 is 86.8 Å². The Hall–Kier alpha value is -1.01. The summed E-state index contributed by atoms with van der Waals surface area (Å²) in [5.41, 5.74) is 0. The number of unbranched alkanes of at least 4 members (excludes halogenated alkanes) is 23. The number of carbonyl (C=O) groups is 1. The molecule has 9 N–H and O–H groups in total. The zero-order valence-corrected chi connectivity index (χ0v) is 36.8. The minimum Gasteiger partial charge on any atom is -0.394 e. The van der Waals surface area contributed by atoms with Crippen molar-refractivity contribution in [3.05, 3.63) is 0 Å². The molecule has 0 aromatic rings. The van der Waals surface area contributed by atoms with E-state index in [-0.39, 0.29) is 12.5 Å². The largest absolute Gasteiger partial charge is 0.394 e. The van der Waals surface area contributed by atoms with Crippen LogP contribution in [-0.2, 0) is 23.7 Å². The van der Waals surface area contributed by atoms with Crippen LogP contribution >= 0.6 is 0 Å². The zero-order valence-electron chi connectivity index (χ0n) is 36.8. The van der Waals surface area contributed by atoms with Gasteiger partial charge in [-0.25, -0.2) is 0 Å². The molecule has 2 saturated heterocycles. The quantitative estimate of drug-likeness (QED) is 0.0377. The fraction of sp³-hybridized carbons (Fsp3) is 0.978. The number of aliphatic hydroxyl groups excluding tert-OH is 8. The van der Waals surface area contributed by atoms with Crippen LogP contribution in [0.15, 0.2) is 0 Å². The summed E-state index contributed by atoms with van der Waals surface area (Å²) in [5.74, 6) is -0.207. The molecule has 14 nitrogen and oxygen atoms in total. The van der Waals surface area contributed by atoms with E-state index in [1.807, 2.05) is 0 Å². The second kappa shape index (κ2) is 33.5. The molecule has 0 saturated carbocycles. The summed E-state index contributed by atoms with van der Waals surface area (Å²) in [6.07, 6.45) is 13.9. The third kappa shape index (κ3) is 21.8. The van der Waals surface area contributed by atoms with Crippen molar-refractivity contribution in [1.29, 1.82) is 0 Å². The normalized spacial score (nSPS) is 28.4. The molecule has 4 unspecified atom stereocenters. The smallest absolute Gasteiger partial charge is 0.220 e. The molecule has 12 atom stereocenters. The Bertz CT molecular complexity index is 1010. The summed E-state index contributed by atoms with van der Waals surface area (Å²) in [7, 11) is 0. The summed E-state index contributed by atoms with van der Waals surface area (Å²) >= 11 is 0. The molecule has 2 aliphatic heterocycles. The molecule has 2 aliphatic rings. The van der Waals surface area contributed by atoms with Crippen molar-refractivity contribution in [3.63, 3.8) is 0 Å². The number of hydrogen-bond acceptors (Lipinski definition) is 13. The van der Waals surface area contributed by atoms with Crippen molar-refractivity contribution in [2.24, 2.45) is 0 Å². The first kappa shape index (κ1) is 54.1. The van der Waals surface area contributed by atoms with Gasteiger partial charge in [-0.05, 0) is 12.8 Å². The Labute approximate surface area is 355 Å². The second-order valence-electron chi connectivity index (χ2n) is 17.2. The van der Waals surface area contributed by atoms with Gasteiger partial charge in [-0.15, -0.1) is 0 Å². The van der Waals surface area contributed by atoms with Gasteiger partial charge in [0, 0.05) is 6.42 Å². The summed E-state index contributed by atoms with van der Waals surface area (Å²) in [6, 6.07) is -0.819. The van der Waals surface area contributed by atoms with E-state index in [0.29, 0.717) is 12.8 Å². The SMILES string of the molecule is CCCCCCCCCCCCCCCC(=O)N[C@@H](CO[C@@H]1O[C@H](CO)[C@@H](O[C@@H]2O[C@H](CO)[C@H](O)C(O)C2O)C(O)C1O)[C@H](O)CCCCCCCCCCCCCC. The maximum atomic E-state index is 13.1. The number of rotatable bonds is 36. The van der Waals surface area contributed by atoms with Crippen LogP contribution in [0.4, 0.5) is 0 Å². The molecule has 0 aliphatic carbocycles. The molecule has 0 bridgehead atoms. The van der Waals surface area contributed by atoms with Crippen LogP contribution in [0.1, 0.15) is 187 Å². The third-order valence-electron chi connectivity index (χ3n) is 12.1. The second-order valence-corrected chi connectivity index (χ2v) is 17.2. The monoisotopic (exact) mass is 850 g/mol. The summed E-state index contributed by atoms with van der Waals surface area (Å²) in [4.78, 5) is 13.1. The van der Waals surface area contributed by atoms with Crippen LogP contribution in [0.3, 0.4) is 0 Å². The summed E-state index contributed by atoms with van der Waals surface area (Å²) in [6.45, 7) is 2.83. The van der Waals surface area contributed by atoms with Crippen molar-refractivity contribution in [3.8, 4) is 0 Å². The Balaban J connectivity index is 1.87. The number of aliphatic hydroxyl groups is 8. The molecular weight excluding hydrogens is 762 g/mol. The lowest BCUT2D eigenvalue weighted by molar-refractivity contribution is -0.359. The van der Waals surface area contributed by atoms with E-state index in [4.69, 9.17) is 18.9 Å². The molecule has 350 valence electrons. The van der Waals surface area contributed by atoms with Crippen LogP contribution < -0.4 is 5.32 Å². The average Bonchev–Trinajstić information content (AvgIpc) is 3.23. The lowest BCUT2D eigenvalue weighted by Gasteiger charge is -2.46. The van der Waals surface area contributed by atoms with Gasteiger partial charge < -0.3 is 65.1 Å². The molecule has 0 radical (unpaired) electrons. The van der Waals surface area contributed by atoms with Crippen molar-refractivity contribution in [1.82, 2.24) is 5.32 Å². The fourth-order valence-electron chi connectivity index (χ4n) is 8.12. The van der Waals surface area contributed by atoms with Crippen LogP contribution in [-0.4, -0.2) is 140 Å². The lowest BCUT2D eigenvalue weighted by Crippen LogP contribution is -2.65. The minimum absolute atomic E-state index is 0.207. The van der Waals surface area contributed by atoms with Crippen LogP contribution in [0.5, 0.6) is 0 Å². The molecular formula is C45H87NO13. The number of nitrogens with one attached hydrogen (secondary N) is 1. The Morgan fingerprint density at radius 1 is 0.542 bits per heavy atom. The topological polar surface area (TPSA) is 228 Å². The Morgan fingerprint density at radius 2 is 0.966 bits per heavy atom. The van der Waals surface area contributed by atoms with E-state index in [2.05, 4.69) is 19.2 Å². The van der Waals surface area contributed by atoms with Gasteiger partial charge in [0.05, 0.1) is 32.0 Å². The molecule has 1 amide bonds. The van der Waals surface area contributed by atoms with Gasteiger partial charge in [-0.2, -0.15) is 0 Å². The van der Waals surface area contributed by atoms with E-state index >= 15 is 0 Å². The van der Waals surface area contributed by atoms with E-state index in [9.17, 15) is 45.6 Å². The highest BCUT2D eigenvalue weighted by Gasteiger charge is 2.51. The fourth-order valence-corrected chi connectivity index (χ4v) is 8.12. The highest BCUT2D eigenvalue weighted by molar-refractivity contribution is 5.76. The minimum atomic E-state index is -1.78. The first-order valence-electron chi connectivity index (χ1n) is 23.8. The molecule has 0 aromatic carbocycles. The standard InChI is InChI=1S/C45H87NO13/c1-3-5-7-9-11-13-15-17-19-21-23-25-27-29-37(50)46-33(34(49)28-26-24-22-20-18-16-14-12-10-8-6-4-2)32-56-44-42(55)40(53)43(36(31-48)58-44)59-45-41(54)39(52)38(51)35(30-47)57-45/h33-36,38-45,47-49,51-55H,3-32H2,1-2H3,(H,46,50)/t33-,34+,35+,36+,38-,39?,40?,41?,42?,43+,44+,45-/m0/s1. The van der Waals surface area contributed by atoms with Crippen molar-refractivity contribution < 1.29 is 64.6 Å². The van der Waals surface area contributed by atoms with Gasteiger partial charge >= 0.3 is 0 Å². The van der Waals surface area contributed by atoms with Crippen LogP contribution in [0.25, 0.3) is 0 Å². The predicted octanol–water partition coefficient (Wildman–Crippen LogP) is 5.05. The molecule has 59 heavy (non-hydrogen) atoms. The van der Waals surface area contributed by atoms with Crippen molar-refractivity contribution >= 4 is 5.91 Å². The highest BCUT2D eigenvalue weighted by Crippen LogP contribution is 2.30. The molecule has 0 spiro atoms. The first-order chi connectivity index (χ1) is 28.6.